The molecule has 0 radical (unpaired) electrons. The minimum absolute atomic E-state index is 1.15. The van der Waals surface area contributed by atoms with Gasteiger partial charge in [0.25, 0.3) is 0 Å². The molecule has 8 aromatic rings. The van der Waals surface area contributed by atoms with Gasteiger partial charge in [0, 0.05) is 50.3 Å². The van der Waals surface area contributed by atoms with Crippen LogP contribution in [0.5, 0.6) is 0 Å². The van der Waals surface area contributed by atoms with E-state index >= 15 is 0 Å². The lowest BCUT2D eigenvalue weighted by molar-refractivity contribution is 0.590. The molecule has 3 nitrogen and oxygen atoms in total. The Balaban J connectivity index is 1.56. The van der Waals surface area contributed by atoms with Crippen LogP contribution in [0.15, 0.2) is 194 Å². The van der Waals surface area contributed by atoms with Crippen LogP contribution in [-0.2, 0) is 4.12 Å². The van der Waals surface area contributed by atoms with Gasteiger partial charge in [-0.1, -0.05) is 194 Å². The summed E-state index contributed by atoms with van der Waals surface area (Å²) in [6, 6.07) is 70.5. The normalized spacial score (nSPS) is 14.1. The zero-order valence-electron chi connectivity index (χ0n) is 34.9. The summed E-state index contributed by atoms with van der Waals surface area (Å²) in [6.45, 7) is 4.93. The van der Waals surface area contributed by atoms with E-state index in [1.165, 1.54) is 64.8 Å². The molecule has 0 heterocycles. The molecule has 0 amide bonds. The van der Waals surface area contributed by atoms with Gasteiger partial charge in [-0.25, -0.2) is 0 Å². The van der Waals surface area contributed by atoms with E-state index < -0.39 is 16.6 Å². The number of anilines is 2. The predicted molar refractivity (Wildman–Crippen MR) is 262 cm³/mol. The Kier molecular flexibility index (Phi) is 11.4. The third kappa shape index (κ3) is 7.85. The van der Waals surface area contributed by atoms with Gasteiger partial charge in [0.2, 0.25) is 16.6 Å². The Labute approximate surface area is 352 Å². The SMILES string of the molecule is CN(C)c1cccc2cccc([Si](C)(O[Si](C)(/C(=C/c3ccccc3)c3ccccc3)c3cccc4cccc(N(C)C)c34)/C(=C/c3ccccc3)c3ccccc3)c12. The number of nitrogens with zero attached hydrogens (tertiary/aromatic N) is 2. The maximum absolute atomic E-state index is 8.77. The second-order valence-corrected chi connectivity index (χ2v) is 23.1. The average molecular weight is 801 g/mol. The molecule has 2 unspecified atom stereocenters. The van der Waals surface area contributed by atoms with E-state index in [1.54, 1.807) is 0 Å². The van der Waals surface area contributed by atoms with Crippen molar-refractivity contribution in [2.24, 2.45) is 0 Å². The summed E-state index contributed by atoms with van der Waals surface area (Å²) in [4.78, 5) is 4.50. The van der Waals surface area contributed by atoms with Gasteiger partial charge >= 0.3 is 0 Å². The number of fused-ring (bicyclic) bond motifs is 2. The van der Waals surface area contributed by atoms with Gasteiger partial charge in [-0.15, -0.1) is 0 Å². The molecule has 0 bridgehead atoms. The molecule has 0 aromatic heterocycles. The third-order valence-electron chi connectivity index (χ3n) is 11.6. The Hall–Kier alpha value is -6.25. The Morgan fingerprint density at radius 1 is 0.390 bits per heavy atom. The molecule has 0 N–H and O–H groups in total. The predicted octanol–water partition coefficient (Wildman–Crippen LogP) is 12.0. The van der Waals surface area contributed by atoms with E-state index in [4.69, 9.17) is 4.12 Å². The van der Waals surface area contributed by atoms with Crippen LogP contribution in [0.4, 0.5) is 11.4 Å². The molecule has 59 heavy (non-hydrogen) atoms. The summed E-state index contributed by atoms with van der Waals surface area (Å²) >= 11 is 0. The lowest BCUT2D eigenvalue weighted by atomic mass is 10.1. The molecular weight excluding hydrogens is 749 g/mol. The monoisotopic (exact) mass is 800 g/mol. The summed E-state index contributed by atoms with van der Waals surface area (Å²) in [6.07, 6.45) is 4.82. The van der Waals surface area contributed by atoms with Crippen molar-refractivity contribution >= 4 is 82.5 Å². The molecule has 8 rings (SSSR count). The molecule has 5 heteroatoms. The highest BCUT2D eigenvalue weighted by molar-refractivity contribution is 7.14. The first-order valence-electron chi connectivity index (χ1n) is 20.4. The van der Waals surface area contributed by atoms with Gasteiger partial charge < -0.3 is 13.9 Å². The first-order valence-corrected chi connectivity index (χ1v) is 25.2. The van der Waals surface area contributed by atoms with Gasteiger partial charge in [0.05, 0.1) is 0 Å². The summed E-state index contributed by atoms with van der Waals surface area (Å²) in [5.41, 5.74) is 6.99. The molecule has 0 spiro atoms. The van der Waals surface area contributed by atoms with Crippen LogP contribution in [0.1, 0.15) is 22.3 Å². The highest BCUT2D eigenvalue weighted by Crippen LogP contribution is 2.41. The summed E-state index contributed by atoms with van der Waals surface area (Å²) in [5.74, 6) is 0. The van der Waals surface area contributed by atoms with Gasteiger partial charge in [0.15, 0.2) is 0 Å². The molecule has 292 valence electrons. The van der Waals surface area contributed by atoms with Crippen molar-refractivity contribution in [3.8, 4) is 0 Å². The standard InChI is InChI=1S/C54H52N2OSi2/c1-55(2)47-35-19-31-45-33-21-37-49(53(45)47)58(5,51(43-27-15-9-16-28-43)39-41-23-11-7-12-24-41)57-59(6,50-38-22-34-46-32-20-36-48(54(46)50)56(3)4)52(44-29-17-10-18-30-44)40-42-25-13-8-14-26-42/h7-40H,1-6H3/b51-39+,52-40+. The van der Waals surface area contributed by atoms with Crippen molar-refractivity contribution in [3.05, 3.63) is 216 Å². The summed E-state index contributed by atoms with van der Waals surface area (Å²) < 4.78 is 8.77. The molecule has 0 aliphatic heterocycles. The lowest BCUT2D eigenvalue weighted by Crippen LogP contribution is -2.62. The van der Waals surface area contributed by atoms with Crippen molar-refractivity contribution in [2.75, 3.05) is 38.0 Å². The van der Waals surface area contributed by atoms with Crippen molar-refractivity contribution in [2.45, 2.75) is 13.1 Å². The van der Waals surface area contributed by atoms with Crippen molar-refractivity contribution in [1.29, 1.82) is 0 Å². The Bertz CT molecular complexity index is 2570. The zero-order valence-corrected chi connectivity index (χ0v) is 36.9. The van der Waals surface area contributed by atoms with Crippen molar-refractivity contribution < 1.29 is 4.12 Å². The Morgan fingerprint density at radius 2 is 0.712 bits per heavy atom. The Morgan fingerprint density at radius 3 is 1.05 bits per heavy atom. The van der Waals surface area contributed by atoms with E-state index in [9.17, 15) is 0 Å². The number of hydrogen-bond donors (Lipinski definition) is 0. The zero-order chi connectivity index (χ0) is 41.0. The quantitative estimate of drug-likeness (QED) is 0.0904. The summed E-state index contributed by atoms with van der Waals surface area (Å²) in [5, 5.41) is 9.84. The molecule has 0 aliphatic carbocycles. The molecule has 0 saturated carbocycles. The van der Waals surface area contributed by atoms with Gasteiger partial charge in [-0.3, -0.25) is 0 Å². The van der Waals surface area contributed by atoms with Gasteiger partial charge in [0.1, 0.15) is 0 Å². The van der Waals surface area contributed by atoms with E-state index in [0.29, 0.717) is 0 Å². The van der Waals surface area contributed by atoms with Crippen LogP contribution in [0.3, 0.4) is 0 Å². The van der Waals surface area contributed by atoms with E-state index in [0.717, 1.165) is 11.1 Å². The maximum Gasteiger partial charge on any atom is 0.243 e. The number of benzene rings is 8. The fourth-order valence-electron chi connectivity index (χ4n) is 8.76. The largest absolute Gasteiger partial charge is 0.442 e. The topological polar surface area (TPSA) is 15.7 Å². The maximum atomic E-state index is 8.77. The van der Waals surface area contributed by atoms with Crippen LogP contribution < -0.4 is 20.2 Å². The lowest BCUT2D eigenvalue weighted by Gasteiger charge is -2.43. The van der Waals surface area contributed by atoms with E-state index in [-0.39, 0.29) is 0 Å². The average Bonchev–Trinajstić information content (AvgIpc) is 3.27. The van der Waals surface area contributed by atoms with Crippen LogP contribution in [0, 0.1) is 0 Å². The second kappa shape index (κ2) is 16.9. The van der Waals surface area contributed by atoms with Crippen LogP contribution in [-0.4, -0.2) is 44.8 Å². The summed E-state index contributed by atoms with van der Waals surface area (Å²) in [7, 11) is 1.92. The molecule has 0 saturated heterocycles. The first kappa shape index (κ1) is 39.6. The molecule has 8 aromatic carbocycles. The van der Waals surface area contributed by atoms with Crippen molar-refractivity contribution in [1.82, 2.24) is 0 Å². The molecule has 2 atom stereocenters. The minimum Gasteiger partial charge on any atom is -0.442 e. The smallest absolute Gasteiger partial charge is 0.243 e. The van der Waals surface area contributed by atoms with Crippen LogP contribution in [0.25, 0.3) is 44.1 Å². The van der Waals surface area contributed by atoms with Crippen LogP contribution in [0.2, 0.25) is 13.1 Å². The first-order chi connectivity index (χ1) is 28.7. The number of hydrogen-bond acceptors (Lipinski definition) is 3. The van der Waals surface area contributed by atoms with Gasteiger partial charge in [-0.2, -0.15) is 0 Å². The van der Waals surface area contributed by atoms with E-state index in [2.05, 4.69) is 257 Å². The third-order valence-corrected chi connectivity index (χ3v) is 20.7. The van der Waals surface area contributed by atoms with Gasteiger partial charge in [-0.05, 0) is 79.0 Å². The fraction of sp³-hybridized carbons (Fsp3) is 0.111. The number of rotatable bonds is 12. The van der Waals surface area contributed by atoms with E-state index in [1.807, 2.05) is 0 Å². The van der Waals surface area contributed by atoms with Crippen molar-refractivity contribution in [3.63, 3.8) is 0 Å². The second-order valence-electron chi connectivity index (χ2n) is 16.0. The fourth-order valence-corrected chi connectivity index (χ4v) is 19.0. The molecule has 0 aliphatic rings. The molecule has 0 fully saturated rings. The highest BCUT2D eigenvalue weighted by Gasteiger charge is 2.49. The highest BCUT2D eigenvalue weighted by atomic mass is 28.4. The molecular formula is C54H52N2OSi2. The minimum atomic E-state index is -3.34. The van der Waals surface area contributed by atoms with Crippen LogP contribution >= 0.6 is 0 Å².